The first-order valence-electron chi connectivity index (χ1n) is 2.64. The first-order valence-corrected chi connectivity index (χ1v) is 2.64. The van der Waals surface area contributed by atoms with E-state index in [-0.39, 0.29) is 22.4 Å². The molecule has 1 N–H and O–H groups in total. The van der Waals surface area contributed by atoms with Crippen molar-refractivity contribution in [3.63, 3.8) is 0 Å². The van der Waals surface area contributed by atoms with Crippen LogP contribution in [0.2, 0.25) is 0 Å². The number of aromatic nitrogens is 3. The fraction of sp³-hybridized carbons (Fsp3) is 0. The zero-order valence-electron chi connectivity index (χ0n) is 4.93. The molecule has 0 amide bonds. The fourth-order valence-electron chi connectivity index (χ4n) is 0.730. The van der Waals surface area contributed by atoms with Gasteiger partial charge >= 0.3 is 22.4 Å². The molecule has 0 fully saturated rings. The number of hydrogen-bond acceptors (Lipinski definition) is 2. The summed E-state index contributed by atoms with van der Waals surface area (Å²) in [6, 6.07) is 8.54. The van der Waals surface area contributed by atoms with Gasteiger partial charge in [0, 0.05) is 5.52 Å². The Morgan fingerprint density at radius 1 is 1.50 bits per heavy atom. The Balaban J connectivity index is 0.000000500. The van der Waals surface area contributed by atoms with Crippen molar-refractivity contribution in [3.8, 4) is 0 Å². The van der Waals surface area contributed by atoms with Crippen LogP contribution in [-0.4, -0.2) is 15.4 Å². The largest absolute Gasteiger partial charge is 1.00 e. The number of nitrogens with one attached hydrogen (secondary N) is 1. The van der Waals surface area contributed by atoms with Crippen molar-refractivity contribution >= 4 is 11.0 Å². The molecule has 0 spiro atoms. The van der Waals surface area contributed by atoms with E-state index in [0.29, 0.717) is 0 Å². The van der Waals surface area contributed by atoms with Crippen LogP contribution in [0.4, 0.5) is 0 Å². The van der Waals surface area contributed by atoms with E-state index in [4.69, 9.17) is 0 Å². The number of H-pyrrole nitrogens is 1. The molecule has 2 rings (SSSR count). The molecular formula is C6H4AgN3. The van der Waals surface area contributed by atoms with Gasteiger partial charge in [0.2, 0.25) is 0 Å². The second-order valence-electron chi connectivity index (χ2n) is 1.74. The first-order chi connectivity index (χ1) is 4.47. The average Bonchev–Trinajstić information content (AvgIpc) is 2.33. The number of rotatable bonds is 0. The summed E-state index contributed by atoms with van der Waals surface area (Å²) in [5.74, 6) is 0. The molecule has 0 unspecified atom stereocenters. The van der Waals surface area contributed by atoms with E-state index >= 15 is 0 Å². The molecule has 2 aromatic rings. The van der Waals surface area contributed by atoms with Crippen LogP contribution in [0.15, 0.2) is 18.2 Å². The molecule has 0 aliphatic heterocycles. The van der Waals surface area contributed by atoms with Crippen LogP contribution < -0.4 is 0 Å². The molecule has 4 heteroatoms. The molecule has 0 saturated heterocycles. The maximum absolute atomic E-state index is 3.78. The van der Waals surface area contributed by atoms with Crippen molar-refractivity contribution in [2.75, 3.05) is 0 Å². The van der Waals surface area contributed by atoms with Crippen LogP contribution in [0.5, 0.6) is 0 Å². The smallest absolute Gasteiger partial charge is 0.283 e. The third kappa shape index (κ3) is 1.11. The maximum Gasteiger partial charge on any atom is 1.00 e. The summed E-state index contributed by atoms with van der Waals surface area (Å²) in [5, 5.41) is 10.1. The van der Waals surface area contributed by atoms with E-state index in [1.807, 2.05) is 18.2 Å². The molecule has 1 aromatic heterocycles. The Morgan fingerprint density at radius 2 is 2.40 bits per heavy atom. The van der Waals surface area contributed by atoms with Gasteiger partial charge in [-0.25, -0.2) is 0 Å². The van der Waals surface area contributed by atoms with E-state index in [1.54, 1.807) is 0 Å². The molecule has 3 nitrogen and oxygen atoms in total. The van der Waals surface area contributed by atoms with Crippen LogP contribution in [0.25, 0.3) is 11.0 Å². The normalized spacial score (nSPS) is 9.20. The Morgan fingerprint density at radius 3 is 3.20 bits per heavy atom. The molecule has 1 aromatic carbocycles. The van der Waals surface area contributed by atoms with Gasteiger partial charge in [-0.2, -0.15) is 23.3 Å². The second kappa shape index (κ2) is 2.96. The summed E-state index contributed by atoms with van der Waals surface area (Å²) in [7, 11) is 0. The minimum Gasteiger partial charge on any atom is -0.283 e. The number of fused-ring (bicyclic) bond motifs is 1. The molecule has 0 aliphatic carbocycles. The molecule has 0 bridgehead atoms. The van der Waals surface area contributed by atoms with Gasteiger partial charge < -0.3 is 0 Å². The van der Waals surface area contributed by atoms with Gasteiger partial charge in [-0.15, -0.1) is 6.07 Å². The summed E-state index contributed by atoms with van der Waals surface area (Å²) < 4.78 is 0. The molecule has 0 atom stereocenters. The average molecular weight is 226 g/mol. The number of aromatic amines is 1. The minimum absolute atomic E-state index is 0. The van der Waals surface area contributed by atoms with E-state index in [1.165, 1.54) is 0 Å². The third-order valence-corrected chi connectivity index (χ3v) is 1.15. The molecular weight excluding hydrogens is 222 g/mol. The van der Waals surface area contributed by atoms with Crippen LogP contribution >= 0.6 is 0 Å². The van der Waals surface area contributed by atoms with Gasteiger partial charge in [-0.05, 0) is 5.52 Å². The van der Waals surface area contributed by atoms with Gasteiger partial charge in [0.25, 0.3) is 0 Å². The zero-order chi connectivity index (χ0) is 6.10. The Labute approximate surface area is 73.3 Å². The van der Waals surface area contributed by atoms with Gasteiger partial charge in [0.1, 0.15) is 0 Å². The molecule has 54 valence electrons. The van der Waals surface area contributed by atoms with E-state index in [2.05, 4.69) is 21.5 Å². The Bertz CT molecular complexity index is 287. The molecule has 0 saturated carbocycles. The van der Waals surface area contributed by atoms with Crippen LogP contribution in [0, 0.1) is 6.07 Å². The van der Waals surface area contributed by atoms with Crippen LogP contribution in [-0.2, 0) is 22.4 Å². The molecule has 10 heavy (non-hydrogen) atoms. The van der Waals surface area contributed by atoms with Crippen molar-refractivity contribution in [3.05, 3.63) is 24.3 Å². The number of nitrogens with zero attached hydrogens (tertiary/aromatic N) is 2. The van der Waals surface area contributed by atoms with Crippen molar-refractivity contribution in [2.24, 2.45) is 0 Å². The summed E-state index contributed by atoms with van der Waals surface area (Å²) in [5.41, 5.74) is 1.72. The van der Waals surface area contributed by atoms with Crippen LogP contribution in [0.1, 0.15) is 0 Å². The zero-order valence-corrected chi connectivity index (χ0v) is 6.41. The van der Waals surface area contributed by atoms with Crippen molar-refractivity contribution < 1.29 is 22.4 Å². The summed E-state index contributed by atoms with van der Waals surface area (Å²) in [6.45, 7) is 0. The van der Waals surface area contributed by atoms with Gasteiger partial charge in [-0.3, -0.25) is 5.10 Å². The third-order valence-electron chi connectivity index (χ3n) is 1.15. The predicted octanol–water partition coefficient (Wildman–Crippen LogP) is 0.756. The maximum atomic E-state index is 3.78. The number of benzene rings is 1. The topological polar surface area (TPSA) is 41.6 Å². The SMILES string of the molecule is [Ag+].[c-]1cccc2nn[nH]c12. The molecule has 0 aliphatic rings. The quantitative estimate of drug-likeness (QED) is 0.532. The Hall–Kier alpha value is -0.640. The Kier molecular flexibility index (Phi) is 2.21. The fourth-order valence-corrected chi connectivity index (χ4v) is 0.730. The van der Waals surface area contributed by atoms with Crippen LogP contribution in [0.3, 0.4) is 0 Å². The molecule has 1 heterocycles. The van der Waals surface area contributed by atoms with Gasteiger partial charge in [0.15, 0.2) is 0 Å². The van der Waals surface area contributed by atoms with E-state index in [0.717, 1.165) is 11.0 Å². The summed E-state index contributed by atoms with van der Waals surface area (Å²) in [6.07, 6.45) is 0. The summed E-state index contributed by atoms with van der Waals surface area (Å²) >= 11 is 0. The van der Waals surface area contributed by atoms with Crippen molar-refractivity contribution in [1.29, 1.82) is 0 Å². The number of hydrogen-bond donors (Lipinski definition) is 1. The standard InChI is InChI=1S/C6H4N3.Ag/c1-2-4-6-5(3-1)7-9-8-6;/h1-3H,(H,7,8,9);/q-1;+1. The van der Waals surface area contributed by atoms with Crippen molar-refractivity contribution in [1.82, 2.24) is 15.4 Å². The van der Waals surface area contributed by atoms with Gasteiger partial charge in [0.05, 0.1) is 0 Å². The minimum atomic E-state index is 0. The number of para-hydroxylation sites is 1. The predicted molar refractivity (Wildman–Crippen MR) is 32.7 cm³/mol. The van der Waals surface area contributed by atoms with E-state index < -0.39 is 0 Å². The monoisotopic (exact) mass is 225 g/mol. The van der Waals surface area contributed by atoms with Gasteiger partial charge in [-0.1, -0.05) is 5.21 Å². The molecule has 0 radical (unpaired) electrons. The first kappa shape index (κ1) is 7.47. The van der Waals surface area contributed by atoms with Crippen molar-refractivity contribution in [2.45, 2.75) is 0 Å². The van der Waals surface area contributed by atoms with E-state index in [9.17, 15) is 0 Å². The summed E-state index contributed by atoms with van der Waals surface area (Å²) in [4.78, 5) is 0. The second-order valence-corrected chi connectivity index (χ2v) is 1.74.